The van der Waals surface area contributed by atoms with Crippen LogP contribution in [0.2, 0.25) is 5.02 Å². The van der Waals surface area contributed by atoms with E-state index in [-0.39, 0.29) is 0 Å². The van der Waals surface area contributed by atoms with Gasteiger partial charge >= 0.3 is 5.43 Å². The van der Waals surface area contributed by atoms with Crippen molar-refractivity contribution in [3.63, 3.8) is 0 Å². The van der Waals surface area contributed by atoms with Crippen molar-refractivity contribution in [1.29, 1.82) is 0 Å². The molecule has 15 heavy (non-hydrogen) atoms. The Kier molecular flexibility index (Phi) is 4.66. The summed E-state index contributed by atoms with van der Waals surface area (Å²) in [6.07, 6.45) is 3.07. The molecule has 0 radical (unpaired) electrons. The van der Waals surface area contributed by atoms with Gasteiger partial charge in [0.15, 0.2) is 0 Å². The van der Waals surface area contributed by atoms with Crippen LogP contribution in [0.1, 0.15) is 18.6 Å². The van der Waals surface area contributed by atoms with Crippen LogP contribution in [0.25, 0.3) is 0 Å². The number of benzene rings is 1. The third-order valence-corrected chi connectivity index (χ3v) is 2.13. The lowest BCUT2D eigenvalue weighted by molar-refractivity contribution is 0.146. The Hall–Kier alpha value is -0.990. The van der Waals surface area contributed by atoms with Gasteiger partial charge in [-0.25, -0.2) is 4.79 Å². The molecule has 1 unspecified atom stereocenters. The molecular formula is C11H10Cl2O2. The van der Waals surface area contributed by atoms with Crippen LogP contribution < -0.4 is 0 Å². The summed E-state index contributed by atoms with van der Waals surface area (Å²) >= 11 is 10.9. The summed E-state index contributed by atoms with van der Waals surface area (Å²) < 4.78 is 4.91. The molecule has 1 aromatic carbocycles. The summed E-state index contributed by atoms with van der Waals surface area (Å²) in [6.45, 7) is 1.84. The van der Waals surface area contributed by atoms with Crippen LogP contribution in [0.15, 0.2) is 36.4 Å². The summed E-state index contributed by atoms with van der Waals surface area (Å²) in [7, 11) is 0. The van der Waals surface area contributed by atoms with Crippen LogP contribution in [0, 0.1) is 0 Å². The van der Waals surface area contributed by atoms with E-state index in [2.05, 4.69) is 0 Å². The minimum atomic E-state index is -0.826. The third kappa shape index (κ3) is 3.94. The van der Waals surface area contributed by atoms with E-state index in [0.717, 1.165) is 5.56 Å². The van der Waals surface area contributed by atoms with Gasteiger partial charge in [0.2, 0.25) is 0 Å². The third-order valence-electron chi connectivity index (χ3n) is 1.79. The van der Waals surface area contributed by atoms with Crippen molar-refractivity contribution in [3.8, 4) is 0 Å². The fraction of sp³-hybridized carbons (Fsp3) is 0.182. The smallest absolute Gasteiger partial charge is 0.404 e. The molecule has 1 aromatic rings. The molecule has 0 aliphatic heterocycles. The molecule has 0 aliphatic rings. The van der Waals surface area contributed by atoms with Crippen molar-refractivity contribution in [2.24, 2.45) is 0 Å². The number of carbonyl (C=O) groups is 1. The highest BCUT2D eigenvalue weighted by Gasteiger charge is 2.11. The maximum absolute atomic E-state index is 10.7. The zero-order valence-corrected chi connectivity index (χ0v) is 9.63. The van der Waals surface area contributed by atoms with E-state index in [4.69, 9.17) is 27.9 Å². The van der Waals surface area contributed by atoms with E-state index in [1.165, 1.54) is 0 Å². The van der Waals surface area contributed by atoms with Crippen molar-refractivity contribution in [2.75, 3.05) is 0 Å². The van der Waals surface area contributed by atoms with Crippen LogP contribution in [0.4, 0.5) is 4.79 Å². The average molecular weight is 245 g/mol. The first-order chi connectivity index (χ1) is 7.13. The van der Waals surface area contributed by atoms with Gasteiger partial charge in [0.1, 0.15) is 6.10 Å². The van der Waals surface area contributed by atoms with Crippen LogP contribution in [-0.4, -0.2) is 5.43 Å². The van der Waals surface area contributed by atoms with E-state index in [0.29, 0.717) is 5.02 Å². The number of halogens is 2. The maximum Gasteiger partial charge on any atom is 0.404 e. The Morgan fingerprint density at radius 3 is 2.47 bits per heavy atom. The number of allylic oxidation sites excluding steroid dienone is 1. The Morgan fingerprint density at radius 1 is 1.40 bits per heavy atom. The summed E-state index contributed by atoms with van der Waals surface area (Å²) in [5.41, 5.74) is -0.000417. The van der Waals surface area contributed by atoms with Gasteiger partial charge in [-0.3, -0.25) is 0 Å². The second-order valence-electron chi connectivity index (χ2n) is 2.85. The van der Waals surface area contributed by atoms with E-state index in [1.54, 1.807) is 36.4 Å². The molecule has 80 valence electrons. The van der Waals surface area contributed by atoms with Crippen LogP contribution >= 0.6 is 23.2 Å². The monoisotopic (exact) mass is 244 g/mol. The Morgan fingerprint density at radius 2 is 2.00 bits per heavy atom. The van der Waals surface area contributed by atoms with Crippen LogP contribution in [0.3, 0.4) is 0 Å². The number of hydrogen-bond donors (Lipinski definition) is 0. The van der Waals surface area contributed by atoms with E-state index in [1.807, 2.05) is 6.92 Å². The molecule has 2 nitrogen and oxygen atoms in total. The lowest BCUT2D eigenvalue weighted by Gasteiger charge is -2.12. The molecule has 1 rings (SSSR count). The van der Waals surface area contributed by atoms with Gasteiger partial charge in [-0.1, -0.05) is 29.8 Å². The van der Waals surface area contributed by atoms with E-state index < -0.39 is 11.5 Å². The quantitative estimate of drug-likeness (QED) is 0.585. The molecular weight excluding hydrogens is 235 g/mol. The Labute approximate surface area is 98.4 Å². The van der Waals surface area contributed by atoms with Gasteiger partial charge in [0, 0.05) is 16.6 Å². The first kappa shape index (κ1) is 12.1. The predicted octanol–water partition coefficient (Wildman–Crippen LogP) is 4.33. The first-order valence-corrected chi connectivity index (χ1v) is 5.13. The highest BCUT2D eigenvalue weighted by atomic mass is 35.5. The molecule has 0 N–H and O–H groups in total. The number of hydrogen-bond acceptors (Lipinski definition) is 2. The van der Waals surface area contributed by atoms with Crippen molar-refractivity contribution in [1.82, 2.24) is 0 Å². The molecule has 0 spiro atoms. The Balaban J connectivity index is 2.88. The fourth-order valence-corrected chi connectivity index (χ4v) is 1.37. The molecule has 0 heterocycles. The van der Waals surface area contributed by atoms with E-state index in [9.17, 15) is 4.79 Å². The van der Waals surface area contributed by atoms with Gasteiger partial charge in [-0.2, -0.15) is 0 Å². The van der Waals surface area contributed by atoms with Crippen LogP contribution in [0.5, 0.6) is 0 Å². The Bertz CT molecular complexity index is 357. The van der Waals surface area contributed by atoms with Gasteiger partial charge in [0.05, 0.1) is 0 Å². The highest BCUT2D eigenvalue weighted by molar-refractivity contribution is 6.61. The number of rotatable bonds is 3. The highest BCUT2D eigenvalue weighted by Crippen LogP contribution is 2.22. The summed E-state index contributed by atoms with van der Waals surface area (Å²) in [4.78, 5) is 10.7. The van der Waals surface area contributed by atoms with Crippen molar-refractivity contribution in [3.05, 3.63) is 47.0 Å². The van der Waals surface area contributed by atoms with E-state index >= 15 is 0 Å². The molecule has 0 saturated carbocycles. The summed E-state index contributed by atoms with van der Waals surface area (Å²) in [5, 5.41) is 0.634. The molecule has 0 saturated heterocycles. The average Bonchev–Trinajstić information content (AvgIpc) is 2.17. The molecule has 0 fully saturated rings. The normalized spacial score (nSPS) is 12.7. The maximum atomic E-state index is 10.7. The summed E-state index contributed by atoms with van der Waals surface area (Å²) in [5.74, 6) is 0. The largest absolute Gasteiger partial charge is 0.441 e. The summed E-state index contributed by atoms with van der Waals surface area (Å²) in [6, 6.07) is 7.03. The van der Waals surface area contributed by atoms with Gasteiger partial charge in [-0.05, 0) is 30.7 Å². The lowest BCUT2D eigenvalue weighted by atomic mass is 10.1. The first-order valence-electron chi connectivity index (χ1n) is 4.38. The SMILES string of the molecule is CC=CC(OC(=O)Cl)c1ccc(Cl)cc1. The molecule has 0 aliphatic carbocycles. The number of carbonyl (C=O) groups excluding carboxylic acids is 1. The second kappa shape index (κ2) is 5.79. The van der Waals surface area contributed by atoms with Crippen molar-refractivity contribution >= 4 is 28.6 Å². The minimum Gasteiger partial charge on any atom is -0.441 e. The standard InChI is InChI=1S/C11H10Cl2O2/c1-2-3-10(15-11(13)14)8-4-6-9(12)7-5-8/h2-7,10H,1H3. The topological polar surface area (TPSA) is 26.3 Å². The van der Waals surface area contributed by atoms with Crippen molar-refractivity contribution in [2.45, 2.75) is 13.0 Å². The molecule has 0 aromatic heterocycles. The second-order valence-corrected chi connectivity index (χ2v) is 3.60. The molecule has 4 heteroatoms. The van der Waals surface area contributed by atoms with Gasteiger partial charge < -0.3 is 4.74 Å². The minimum absolute atomic E-state index is 0.461. The number of ether oxygens (including phenoxy) is 1. The molecule has 1 atom stereocenters. The van der Waals surface area contributed by atoms with Crippen molar-refractivity contribution < 1.29 is 9.53 Å². The zero-order valence-electron chi connectivity index (χ0n) is 8.11. The molecule has 0 bridgehead atoms. The van der Waals surface area contributed by atoms with Gasteiger partial charge in [-0.15, -0.1) is 0 Å². The predicted molar refractivity (Wildman–Crippen MR) is 61.3 cm³/mol. The van der Waals surface area contributed by atoms with Crippen LogP contribution in [-0.2, 0) is 4.74 Å². The lowest BCUT2D eigenvalue weighted by Crippen LogP contribution is -2.03. The fourth-order valence-electron chi connectivity index (χ4n) is 1.15. The van der Waals surface area contributed by atoms with Gasteiger partial charge in [0.25, 0.3) is 0 Å². The zero-order chi connectivity index (χ0) is 11.3. The molecule has 0 amide bonds.